The summed E-state index contributed by atoms with van der Waals surface area (Å²) in [7, 11) is 2.48. The lowest BCUT2D eigenvalue weighted by Crippen LogP contribution is -2.30. The monoisotopic (exact) mass is 276 g/mol. The van der Waals surface area contributed by atoms with Gasteiger partial charge in [0, 0.05) is 11.3 Å². The predicted octanol–water partition coefficient (Wildman–Crippen LogP) is 2.50. The number of methoxy groups -OCH3 is 2. The summed E-state index contributed by atoms with van der Waals surface area (Å²) >= 11 is 0. The molecule has 106 valence electrons. The fourth-order valence-electron chi connectivity index (χ4n) is 2.15. The molecule has 0 bridgehead atoms. The first-order chi connectivity index (χ1) is 9.58. The molecule has 0 fully saturated rings. The lowest BCUT2D eigenvalue weighted by atomic mass is 9.91. The fraction of sp³-hybridized carbons (Fsp3) is 0.333. The van der Waals surface area contributed by atoms with Gasteiger partial charge in [-0.05, 0) is 12.1 Å². The van der Waals surface area contributed by atoms with Crippen LogP contribution in [0.3, 0.4) is 0 Å². The van der Waals surface area contributed by atoms with Gasteiger partial charge in [0.2, 0.25) is 0 Å². The largest absolute Gasteiger partial charge is 0.468 e. The normalized spacial score (nSPS) is 12.4. The molecule has 0 spiro atoms. The number of esters is 2. The van der Waals surface area contributed by atoms with E-state index in [0.29, 0.717) is 11.3 Å². The van der Waals surface area contributed by atoms with Gasteiger partial charge in [-0.1, -0.05) is 25.1 Å². The Kier molecular flexibility index (Phi) is 4.08. The van der Waals surface area contributed by atoms with E-state index in [1.165, 1.54) is 14.2 Å². The van der Waals surface area contributed by atoms with E-state index in [4.69, 9.17) is 4.42 Å². The van der Waals surface area contributed by atoms with Gasteiger partial charge in [0.15, 0.2) is 5.92 Å². The molecule has 0 unspecified atom stereocenters. The summed E-state index contributed by atoms with van der Waals surface area (Å²) in [4.78, 5) is 23.6. The molecule has 2 rings (SSSR count). The zero-order chi connectivity index (χ0) is 14.7. The third-order valence-corrected chi connectivity index (χ3v) is 3.30. The molecule has 5 heteroatoms. The molecule has 0 saturated carbocycles. The Morgan fingerprint density at radius 1 is 1.10 bits per heavy atom. The zero-order valence-electron chi connectivity index (χ0n) is 11.6. The highest BCUT2D eigenvalue weighted by Crippen LogP contribution is 2.31. The van der Waals surface area contributed by atoms with Gasteiger partial charge in [-0.15, -0.1) is 0 Å². The van der Waals surface area contributed by atoms with Crippen LogP contribution in [0.1, 0.15) is 18.6 Å². The SMILES string of the molecule is COC(=O)C(C(=O)OC)[C@@H](C)c1cc2ccccc2o1. The van der Waals surface area contributed by atoms with E-state index >= 15 is 0 Å². The van der Waals surface area contributed by atoms with Crippen LogP contribution in [0, 0.1) is 5.92 Å². The Labute approximate surface area is 116 Å². The van der Waals surface area contributed by atoms with Crippen LogP contribution in [0.15, 0.2) is 34.7 Å². The van der Waals surface area contributed by atoms with Crippen LogP contribution in [-0.2, 0) is 19.1 Å². The first-order valence-electron chi connectivity index (χ1n) is 6.22. The van der Waals surface area contributed by atoms with E-state index < -0.39 is 23.8 Å². The van der Waals surface area contributed by atoms with Crippen LogP contribution in [0.5, 0.6) is 0 Å². The van der Waals surface area contributed by atoms with E-state index in [1.807, 2.05) is 30.3 Å². The van der Waals surface area contributed by atoms with Crippen LogP contribution >= 0.6 is 0 Å². The van der Waals surface area contributed by atoms with E-state index in [0.717, 1.165) is 5.39 Å². The Balaban J connectivity index is 2.37. The van der Waals surface area contributed by atoms with Crippen molar-refractivity contribution in [2.75, 3.05) is 14.2 Å². The molecule has 0 aliphatic carbocycles. The molecule has 1 heterocycles. The number of furan rings is 1. The Morgan fingerprint density at radius 3 is 2.25 bits per heavy atom. The van der Waals surface area contributed by atoms with E-state index in [2.05, 4.69) is 9.47 Å². The molecule has 1 aromatic carbocycles. The van der Waals surface area contributed by atoms with E-state index in [9.17, 15) is 9.59 Å². The van der Waals surface area contributed by atoms with Gasteiger partial charge in [-0.3, -0.25) is 9.59 Å². The summed E-state index contributed by atoms with van der Waals surface area (Å²) in [6.07, 6.45) is 0. The van der Waals surface area contributed by atoms with Gasteiger partial charge in [0.1, 0.15) is 11.3 Å². The number of fused-ring (bicyclic) bond motifs is 1. The van der Waals surface area contributed by atoms with Crippen LogP contribution in [0.2, 0.25) is 0 Å². The third-order valence-electron chi connectivity index (χ3n) is 3.30. The minimum atomic E-state index is -1.04. The topological polar surface area (TPSA) is 65.7 Å². The van der Waals surface area contributed by atoms with Gasteiger partial charge in [0.05, 0.1) is 14.2 Å². The number of carbonyl (C=O) groups is 2. The summed E-state index contributed by atoms with van der Waals surface area (Å²) in [5.41, 5.74) is 0.711. The van der Waals surface area contributed by atoms with Gasteiger partial charge in [-0.25, -0.2) is 0 Å². The Morgan fingerprint density at radius 2 is 1.70 bits per heavy atom. The highest BCUT2D eigenvalue weighted by molar-refractivity contribution is 5.96. The zero-order valence-corrected chi connectivity index (χ0v) is 11.6. The molecule has 1 aromatic heterocycles. The van der Waals surface area contributed by atoms with Gasteiger partial charge in [-0.2, -0.15) is 0 Å². The van der Waals surface area contributed by atoms with Crippen molar-refractivity contribution >= 4 is 22.9 Å². The molecule has 5 nitrogen and oxygen atoms in total. The summed E-state index contributed by atoms with van der Waals surface area (Å²) < 4.78 is 15.0. The molecule has 0 N–H and O–H groups in total. The van der Waals surface area contributed by atoms with Crippen molar-refractivity contribution in [1.29, 1.82) is 0 Å². The summed E-state index contributed by atoms with van der Waals surface area (Å²) in [6, 6.07) is 9.30. The van der Waals surface area contributed by atoms with E-state index in [1.54, 1.807) is 6.92 Å². The average Bonchev–Trinajstić information content (AvgIpc) is 2.90. The number of hydrogen-bond acceptors (Lipinski definition) is 5. The molecule has 0 aliphatic rings. The summed E-state index contributed by atoms with van der Waals surface area (Å²) in [6.45, 7) is 1.73. The quantitative estimate of drug-likeness (QED) is 0.634. The molecule has 20 heavy (non-hydrogen) atoms. The Hall–Kier alpha value is -2.30. The van der Waals surface area contributed by atoms with Crippen molar-refractivity contribution in [1.82, 2.24) is 0 Å². The molecular formula is C15H16O5. The van der Waals surface area contributed by atoms with Crippen LogP contribution < -0.4 is 0 Å². The van der Waals surface area contributed by atoms with Crippen molar-refractivity contribution in [3.05, 3.63) is 36.1 Å². The van der Waals surface area contributed by atoms with Crippen molar-refractivity contribution in [2.24, 2.45) is 5.92 Å². The highest BCUT2D eigenvalue weighted by Gasteiger charge is 2.36. The van der Waals surface area contributed by atoms with Crippen molar-refractivity contribution in [3.8, 4) is 0 Å². The van der Waals surface area contributed by atoms with Crippen LogP contribution in [-0.4, -0.2) is 26.2 Å². The van der Waals surface area contributed by atoms with Crippen molar-refractivity contribution in [3.63, 3.8) is 0 Å². The number of hydrogen-bond donors (Lipinski definition) is 0. The van der Waals surface area contributed by atoms with Gasteiger partial charge < -0.3 is 13.9 Å². The lowest BCUT2D eigenvalue weighted by molar-refractivity contribution is -0.159. The molecule has 0 aliphatic heterocycles. The highest BCUT2D eigenvalue weighted by atomic mass is 16.5. The summed E-state index contributed by atoms with van der Waals surface area (Å²) in [5.74, 6) is -2.23. The fourth-order valence-corrected chi connectivity index (χ4v) is 2.15. The molecule has 0 radical (unpaired) electrons. The Bertz CT molecular complexity index is 579. The average molecular weight is 276 g/mol. The minimum absolute atomic E-state index is 0.470. The second-order valence-electron chi connectivity index (χ2n) is 4.50. The lowest BCUT2D eigenvalue weighted by Gasteiger charge is -2.17. The molecular weight excluding hydrogens is 260 g/mol. The number of para-hydroxylation sites is 1. The molecule has 1 atom stereocenters. The van der Waals surface area contributed by atoms with Crippen LogP contribution in [0.4, 0.5) is 0 Å². The maximum atomic E-state index is 11.8. The summed E-state index contributed by atoms with van der Waals surface area (Å²) in [5, 5.41) is 0.919. The number of ether oxygens (including phenoxy) is 2. The van der Waals surface area contributed by atoms with Gasteiger partial charge >= 0.3 is 11.9 Å². The number of rotatable bonds is 4. The maximum absolute atomic E-state index is 11.8. The second kappa shape index (κ2) is 5.77. The first-order valence-corrected chi connectivity index (χ1v) is 6.22. The first kappa shape index (κ1) is 14.1. The van der Waals surface area contributed by atoms with E-state index in [-0.39, 0.29) is 0 Å². The minimum Gasteiger partial charge on any atom is -0.468 e. The number of benzene rings is 1. The molecule has 2 aromatic rings. The van der Waals surface area contributed by atoms with Crippen LogP contribution in [0.25, 0.3) is 11.0 Å². The van der Waals surface area contributed by atoms with Gasteiger partial charge in [0.25, 0.3) is 0 Å². The van der Waals surface area contributed by atoms with Crippen molar-refractivity contribution < 1.29 is 23.5 Å². The van der Waals surface area contributed by atoms with Crippen molar-refractivity contribution in [2.45, 2.75) is 12.8 Å². The third kappa shape index (κ3) is 2.52. The smallest absolute Gasteiger partial charge is 0.320 e. The molecule has 0 saturated heterocycles. The second-order valence-corrected chi connectivity index (χ2v) is 4.50. The molecule has 0 amide bonds. The predicted molar refractivity (Wildman–Crippen MR) is 72.2 cm³/mol. The maximum Gasteiger partial charge on any atom is 0.320 e. The number of carbonyl (C=O) groups excluding carboxylic acids is 2. The standard InChI is InChI=1S/C15H16O5/c1-9(13(14(16)18-2)15(17)19-3)12-8-10-6-4-5-7-11(10)20-12/h4-9,13H,1-3H3/t9-/m0/s1.